The van der Waals surface area contributed by atoms with Gasteiger partial charge in [-0.2, -0.15) is 0 Å². The third-order valence-corrected chi connectivity index (χ3v) is 5.61. The number of anilines is 2. The Kier molecular flexibility index (Phi) is 7.40. The Morgan fingerprint density at radius 3 is 2.47 bits per heavy atom. The van der Waals surface area contributed by atoms with Crippen LogP contribution in [0, 0.1) is 0 Å². The fourth-order valence-corrected chi connectivity index (χ4v) is 3.85. The number of aromatic hydroxyl groups is 1. The van der Waals surface area contributed by atoms with Gasteiger partial charge in [0.1, 0.15) is 12.3 Å². The van der Waals surface area contributed by atoms with Gasteiger partial charge in [-0.25, -0.2) is 0 Å². The van der Waals surface area contributed by atoms with Crippen molar-refractivity contribution in [3.05, 3.63) is 77.3 Å². The zero-order chi connectivity index (χ0) is 25.7. The molecule has 0 fully saturated rings. The maximum atomic E-state index is 12.6. The van der Waals surface area contributed by atoms with Crippen LogP contribution in [0.1, 0.15) is 0 Å². The number of azo groups is 1. The first kappa shape index (κ1) is 24.6. The van der Waals surface area contributed by atoms with Crippen molar-refractivity contribution < 1.29 is 24.2 Å². The SMILES string of the molecule is COc1ccccc1NC(=O)C(=O)N=Nc1c(O)n(CC(=O)Nc2ccccc2)c2ccc(Br)cc12. The Balaban J connectivity index is 1.58. The van der Waals surface area contributed by atoms with Crippen LogP contribution in [0.15, 0.2) is 87.5 Å². The molecule has 1 heterocycles. The average molecular weight is 550 g/mol. The number of amides is 3. The predicted octanol–water partition coefficient (Wildman–Crippen LogP) is 5.01. The molecular formula is C25H20BrN5O5. The summed E-state index contributed by atoms with van der Waals surface area (Å²) in [4.78, 5) is 37.3. The summed E-state index contributed by atoms with van der Waals surface area (Å²) in [5.41, 5.74) is 1.32. The van der Waals surface area contributed by atoms with Gasteiger partial charge in [-0.05, 0) is 42.5 Å². The Bertz CT molecular complexity index is 1480. The molecule has 0 aliphatic carbocycles. The van der Waals surface area contributed by atoms with Crippen LogP contribution >= 0.6 is 15.9 Å². The number of methoxy groups -OCH3 is 1. The Hall–Kier alpha value is -4.51. The molecule has 0 aliphatic heterocycles. The number of ether oxygens (including phenoxy) is 1. The molecule has 0 aliphatic rings. The Labute approximate surface area is 213 Å². The molecule has 0 saturated heterocycles. The predicted molar refractivity (Wildman–Crippen MR) is 138 cm³/mol. The van der Waals surface area contributed by atoms with Crippen molar-refractivity contribution in [3.63, 3.8) is 0 Å². The van der Waals surface area contributed by atoms with Crippen molar-refractivity contribution in [1.29, 1.82) is 0 Å². The molecule has 0 bridgehead atoms. The normalized spacial score (nSPS) is 10.9. The van der Waals surface area contributed by atoms with Crippen LogP contribution in [0.2, 0.25) is 0 Å². The minimum absolute atomic E-state index is 0.0581. The van der Waals surface area contributed by atoms with E-state index in [1.165, 1.54) is 11.7 Å². The van der Waals surface area contributed by atoms with E-state index in [-0.39, 0.29) is 24.0 Å². The summed E-state index contributed by atoms with van der Waals surface area (Å²) in [7, 11) is 1.43. The molecule has 10 nitrogen and oxygen atoms in total. The van der Waals surface area contributed by atoms with E-state index in [0.29, 0.717) is 32.5 Å². The largest absolute Gasteiger partial charge is 0.495 e. The van der Waals surface area contributed by atoms with E-state index in [1.54, 1.807) is 66.7 Å². The number of carbonyl (C=O) groups is 3. The first-order valence-electron chi connectivity index (χ1n) is 10.6. The maximum absolute atomic E-state index is 12.6. The van der Waals surface area contributed by atoms with E-state index in [4.69, 9.17) is 4.74 Å². The number of aromatic nitrogens is 1. The third kappa shape index (κ3) is 5.41. The van der Waals surface area contributed by atoms with Gasteiger partial charge >= 0.3 is 11.8 Å². The number of benzene rings is 3. The summed E-state index contributed by atoms with van der Waals surface area (Å²) in [5.74, 6) is -2.61. The van der Waals surface area contributed by atoms with Gasteiger partial charge in [0.2, 0.25) is 11.8 Å². The highest BCUT2D eigenvalue weighted by atomic mass is 79.9. The lowest BCUT2D eigenvalue weighted by atomic mass is 10.2. The maximum Gasteiger partial charge on any atom is 0.353 e. The summed E-state index contributed by atoms with van der Waals surface area (Å²) < 4.78 is 7.17. The molecule has 3 aromatic carbocycles. The van der Waals surface area contributed by atoms with Crippen molar-refractivity contribution >= 4 is 61.6 Å². The molecule has 0 atom stereocenters. The lowest BCUT2D eigenvalue weighted by Crippen LogP contribution is -2.20. The molecule has 36 heavy (non-hydrogen) atoms. The van der Waals surface area contributed by atoms with E-state index in [9.17, 15) is 19.5 Å². The minimum atomic E-state index is -1.18. The van der Waals surface area contributed by atoms with E-state index in [1.807, 2.05) is 6.07 Å². The second-order valence-corrected chi connectivity index (χ2v) is 8.41. The fourth-order valence-electron chi connectivity index (χ4n) is 3.48. The van der Waals surface area contributed by atoms with Crippen molar-refractivity contribution in [3.8, 4) is 11.6 Å². The molecule has 0 spiro atoms. The monoisotopic (exact) mass is 549 g/mol. The molecule has 4 aromatic rings. The molecule has 0 unspecified atom stereocenters. The number of hydrogen-bond acceptors (Lipinski definition) is 6. The summed E-state index contributed by atoms with van der Waals surface area (Å²) in [6.07, 6.45) is 0. The van der Waals surface area contributed by atoms with Crippen LogP contribution in [0.3, 0.4) is 0 Å². The van der Waals surface area contributed by atoms with Gasteiger partial charge in [-0.1, -0.05) is 46.3 Å². The standard InChI is InChI=1S/C25H20BrN5O5/c1-36-20-10-6-5-9-18(20)28-23(33)24(34)30-29-22-17-13-15(26)11-12-19(17)31(25(22)35)14-21(32)27-16-7-3-2-4-8-16/h2-13,35H,14H2,1H3,(H,27,32)(H,28,33). The highest BCUT2D eigenvalue weighted by Gasteiger charge is 2.21. The number of hydrogen-bond donors (Lipinski definition) is 3. The number of nitrogens with one attached hydrogen (secondary N) is 2. The second kappa shape index (κ2) is 10.8. The average Bonchev–Trinajstić information content (AvgIpc) is 3.12. The number of rotatable bonds is 6. The van der Waals surface area contributed by atoms with Crippen LogP contribution in [0.5, 0.6) is 11.6 Å². The van der Waals surface area contributed by atoms with Crippen LogP contribution in [-0.2, 0) is 20.9 Å². The van der Waals surface area contributed by atoms with Crippen LogP contribution in [-0.4, -0.2) is 34.5 Å². The quantitative estimate of drug-likeness (QED) is 0.229. The van der Waals surface area contributed by atoms with Crippen molar-refractivity contribution in [2.45, 2.75) is 6.54 Å². The van der Waals surface area contributed by atoms with Crippen molar-refractivity contribution in [2.24, 2.45) is 10.2 Å². The minimum Gasteiger partial charge on any atom is -0.495 e. The second-order valence-electron chi connectivity index (χ2n) is 7.49. The zero-order valence-electron chi connectivity index (χ0n) is 18.9. The molecule has 0 saturated carbocycles. The molecule has 3 N–H and O–H groups in total. The van der Waals surface area contributed by atoms with Gasteiger partial charge in [0.15, 0.2) is 5.69 Å². The molecular weight excluding hydrogens is 530 g/mol. The molecule has 3 amide bonds. The number of halogens is 1. The Morgan fingerprint density at radius 1 is 1.00 bits per heavy atom. The van der Waals surface area contributed by atoms with Crippen molar-refractivity contribution in [2.75, 3.05) is 17.7 Å². The van der Waals surface area contributed by atoms with Crippen molar-refractivity contribution in [1.82, 2.24) is 4.57 Å². The fraction of sp³-hybridized carbons (Fsp3) is 0.0800. The summed E-state index contributed by atoms with van der Waals surface area (Å²) in [6, 6.07) is 20.5. The summed E-state index contributed by atoms with van der Waals surface area (Å²) >= 11 is 3.36. The van der Waals surface area contributed by atoms with E-state index >= 15 is 0 Å². The van der Waals surface area contributed by atoms with Gasteiger partial charge in [-0.3, -0.25) is 14.4 Å². The van der Waals surface area contributed by atoms with Crippen LogP contribution in [0.25, 0.3) is 10.9 Å². The van der Waals surface area contributed by atoms with E-state index < -0.39 is 11.8 Å². The first-order valence-corrected chi connectivity index (χ1v) is 11.4. The molecule has 1 aromatic heterocycles. The topological polar surface area (TPSA) is 134 Å². The van der Waals surface area contributed by atoms with Crippen LogP contribution in [0.4, 0.5) is 17.1 Å². The smallest absolute Gasteiger partial charge is 0.353 e. The lowest BCUT2D eigenvalue weighted by Gasteiger charge is -2.08. The zero-order valence-corrected chi connectivity index (χ0v) is 20.5. The summed E-state index contributed by atoms with van der Waals surface area (Å²) in [6.45, 7) is -0.226. The Morgan fingerprint density at radius 2 is 1.72 bits per heavy atom. The van der Waals surface area contributed by atoms with Gasteiger partial charge < -0.3 is 25.0 Å². The summed E-state index contributed by atoms with van der Waals surface area (Å²) in [5, 5.41) is 23.8. The molecule has 11 heteroatoms. The lowest BCUT2D eigenvalue weighted by molar-refractivity contribution is -0.134. The van der Waals surface area contributed by atoms with E-state index in [0.717, 1.165) is 0 Å². The molecule has 4 rings (SSSR count). The molecule has 182 valence electrons. The van der Waals surface area contributed by atoms with Crippen LogP contribution < -0.4 is 15.4 Å². The third-order valence-electron chi connectivity index (χ3n) is 5.12. The van der Waals surface area contributed by atoms with Gasteiger partial charge in [0.05, 0.1) is 18.3 Å². The number of carbonyl (C=O) groups excluding carboxylic acids is 3. The van der Waals surface area contributed by atoms with Gasteiger partial charge in [0, 0.05) is 15.5 Å². The highest BCUT2D eigenvalue weighted by molar-refractivity contribution is 9.10. The highest BCUT2D eigenvalue weighted by Crippen LogP contribution is 2.40. The number of fused-ring (bicyclic) bond motifs is 1. The number of para-hydroxylation sites is 3. The van der Waals surface area contributed by atoms with Gasteiger partial charge in [-0.15, -0.1) is 10.2 Å². The molecule has 0 radical (unpaired) electrons. The van der Waals surface area contributed by atoms with E-state index in [2.05, 4.69) is 36.8 Å². The van der Waals surface area contributed by atoms with Gasteiger partial charge in [0.25, 0.3) is 0 Å². The first-order chi connectivity index (χ1) is 17.4. The number of nitrogens with zero attached hydrogens (tertiary/aromatic N) is 3.